The van der Waals surface area contributed by atoms with Crippen molar-refractivity contribution in [2.45, 2.75) is 31.5 Å². The number of hydrogen-bond acceptors (Lipinski definition) is 2. The first-order chi connectivity index (χ1) is 13.5. The van der Waals surface area contributed by atoms with E-state index >= 15 is 0 Å². The molecule has 0 aliphatic rings. The van der Waals surface area contributed by atoms with Gasteiger partial charge in [-0.25, -0.2) is 8.78 Å². The molecule has 3 rings (SSSR count). The molecule has 1 aromatic heterocycles. The van der Waals surface area contributed by atoms with Crippen LogP contribution in [0.15, 0.2) is 54.7 Å². The third kappa shape index (κ3) is 5.28. The van der Waals surface area contributed by atoms with E-state index in [0.717, 1.165) is 12.3 Å². The summed E-state index contributed by atoms with van der Waals surface area (Å²) in [4.78, 5) is 16.5. The van der Waals surface area contributed by atoms with Crippen molar-refractivity contribution < 1.29 is 26.7 Å². The fraction of sp³-hybridized carbons (Fsp3) is 0.238. The number of carbonyl (C=O) groups is 1. The lowest BCUT2D eigenvalue weighted by Gasteiger charge is -2.32. The number of aromatic nitrogens is 1. The van der Waals surface area contributed by atoms with Crippen LogP contribution in [-0.4, -0.2) is 22.6 Å². The van der Waals surface area contributed by atoms with Gasteiger partial charge in [-0.15, -0.1) is 0 Å². The Bertz CT molecular complexity index is 1050. The third-order valence-electron chi connectivity index (χ3n) is 4.41. The highest BCUT2D eigenvalue weighted by Gasteiger charge is 2.40. The van der Waals surface area contributed by atoms with Gasteiger partial charge in [0.25, 0.3) is 5.91 Å². The highest BCUT2D eigenvalue weighted by molar-refractivity contribution is 5.97. The second-order valence-electron chi connectivity index (χ2n) is 7.15. The minimum absolute atomic E-state index is 0.00394. The van der Waals surface area contributed by atoms with Crippen molar-refractivity contribution in [2.24, 2.45) is 0 Å². The predicted octanol–water partition coefficient (Wildman–Crippen LogP) is 5.20. The summed E-state index contributed by atoms with van der Waals surface area (Å²) in [6, 6.07) is 10.8. The van der Waals surface area contributed by atoms with E-state index in [1.54, 1.807) is 6.07 Å². The Kier molecular flexibility index (Phi) is 5.55. The number of amides is 1. The Morgan fingerprint density at radius 2 is 1.79 bits per heavy atom. The minimum atomic E-state index is -4.56. The second kappa shape index (κ2) is 7.77. The van der Waals surface area contributed by atoms with Crippen LogP contribution in [0.5, 0.6) is 0 Å². The molecule has 3 nitrogen and oxygen atoms in total. The molecule has 29 heavy (non-hydrogen) atoms. The highest BCUT2D eigenvalue weighted by atomic mass is 19.4. The minimum Gasteiger partial charge on any atom is -0.346 e. The zero-order valence-electron chi connectivity index (χ0n) is 15.4. The first-order valence-corrected chi connectivity index (χ1v) is 8.73. The van der Waals surface area contributed by atoms with Crippen LogP contribution < -0.4 is 5.32 Å². The summed E-state index contributed by atoms with van der Waals surface area (Å²) >= 11 is 0. The summed E-state index contributed by atoms with van der Waals surface area (Å²) in [5.41, 5.74) is -1.35. The lowest BCUT2D eigenvalue weighted by Crippen LogP contribution is -2.50. The van der Waals surface area contributed by atoms with Gasteiger partial charge >= 0.3 is 6.18 Å². The van der Waals surface area contributed by atoms with E-state index in [-0.39, 0.29) is 17.5 Å². The Hall–Kier alpha value is -3.03. The maximum absolute atomic E-state index is 13.7. The zero-order chi connectivity index (χ0) is 21.2. The summed E-state index contributed by atoms with van der Waals surface area (Å²) in [7, 11) is 0. The predicted molar refractivity (Wildman–Crippen MR) is 98.3 cm³/mol. The molecule has 1 amide bonds. The number of pyridine rings is 1. The van der Waals surface area contributed by atoms with Crippen LogP contribution in [0.2, 0.25) is 0 Å². The summed E-state index contributed by atoms with van der Waals surface area (Å²) in [6.07, 6.45) is -4.99. The Labute approximate surface area is 163 Å². The van der Waals surface area contributed by atoms with Gasteiger partial charge in [-0.05, 0) is 43.2 Å². The average Bonchev–Trinajstić information content (AvgIpc) is 2.59. The largest absolute Gasteiger partial charge is 0.391 e. The van der Waals surface area contributed by atoms with E-state index in [2.05, 4.69) is 10.3 Å². The average molecular weight is 408 g/mol. The quantitative estimate of drug-likeness (QED) is 0.590. The number of carbonyl (C=O) groups excluding carboxylic acids is 1. The molecule has 3 aromatic rings. The number of halogens is 5. The number of para-hydroxylation sites is 1. The molecule has 0 aliphatic carbocycles. The van der Waals surface area contributed by atoms with Gasteiger partial charge in [0.15, 0.2) is 0 Å². The van der Waals surface area contributed by atoms with Crippen molar-refractivity contribution in [2.75, 3.05) is 0 Å². The molecule has 8 heteroatoms. The first kappa shape index (κ1) is 20.7. The molecule has 0 fully saturated rings. The van der Waals surface area contributed by atoms with Crippen LogP contribution in [0.25, 0.3) is 10.9 Å². The van der Waals surface area contributed by atoms with Crippen molar-refractivity contribution in [1.82, 2.24) is 10.3 Å². The monoisotopic (exact) mass is 408 g/mol. The molecule has 152 valence electrons. The lowest BCUT2D eigenvalue weighted by molar-refractivity contribution is -0.147. The van der Waals surface area contributed by atoms with Gasteiger partial charge in [-0.3, -0.25) is 9.78 Å². The number of nitrogens with zero attached hydrogens (tertiary/aromatic N) is 1. The van der Waals surface area contributed by atoms with Crippen molar-refractivity contribution in [3.8, 4) is 0 Å². The van der Waals surface area contributed by atoms with E-state index in [9.17, 15) is 26.7 Å². The summed E-state index contributed by atoms with van der Waals surface area (Å²) in [5.74, 6) is -1.93. The summed E-state index contributed by atoms with van der Waals surface area (Å²) in [6.45, 7) is 1.25. The molecule has 0 bridgehead atoms. The van der Waals surface area contributed by atoms with Crippen molar-refractivity contribution in [1.29, 1.82) is 0 Å². The number of rotatable bonds is 5. The number of nitrogens with one attached hydrogen (secondary N) is 1. The molecule has 0 spiro atoms. The lowest BCUT2D eigenvalue weighted by atomic mass is 9.88. The fourth-order valence-corrected chi connectivity index (χ4v) is 3.28. The van der Waals surface area contributed by atoms with Gasteiger partial charge < -0.3 is 5.32 Å². The van der Waals surface area contributed by atoms with Gasteiger partial charge in [0.05, 0.1) is 17.5 Å². The maximum Gasteiger partial charge on any atom is 0.391 e. The molecule has 0 radical (unpaired) electrons. The number of hydrogen-bond donors (Lipinski definition) is 1. The van der Waals surface area contributed by atoms with E-state index in [1.165, 1.54) is 43.3 Å². The molecule has 1 atom stereocenters. The van der Waals surface area contributed by atoms with Crippen LogP contribution in [-0.2, 0) is 6.42 Å². The normalized spacial score (nSPS) is 13.9. The standard InChI is InChI=1S/C21H17F5N2O/c1-20(12-21(24,25)26,10-13-4-2-6-16(22)8-13)28-19(29)15-9-14-5-3-7-17(23)18(14)27-11-15/h2-9,11H,10,12H2,1H3,(H,28,29)/t20-/m0/s1. The zero-order valence-corrected chi connectivity index (χ0v) is 15.4. The highest BCUT2D eigenvalue weighted by Crippen LogP contribution is 2.30. The number of benzene rings is 2. The smallest absolute Gasteiger partial charge is 0.346 e. The van der Waals surface area contributed by atoms with Crippen LogP contribution in [0, 0.1) is 11.6 Å². The fourth-order valence-electron chi connectivity index (χ4n) is 3.28. The molecule has 1 N–H and O–H groups in total. The van der Waals surface area contributed by atoms with Gasteiger partial charge in [-0.2, -0.15) is 13.2 Å². The Morgan fingerprint density at radius 1 is 1.07 bits per heavy atom. The van der Waals surface area contributed by atoms with E-state index < -0.39 is 35.7 Å². The van der Waals surface area contributed by atoms with Gasteiger partial charge in [0.1, 0.15) is 17.2 Å². The molecule has 1 heterocycles. The molecular formula is C21H17F5N2O. The van der Waals surface area contributed by atoms with E-state index in [1.807, 2.05) is 0 Å². The summed E-state index contributed by atoms with van der Waals surface area (Å²) in [5, 5.41) is 2.75. The van der Waals surface area contributed by atoms with Gasteiger partial charge in [-0.1, -0.05) is 24.3 Å². The number of alkyl halides is 3. The molecule has 0 aliphatic heterocycles. The van der Waals surface area contributed by atoms with Crippen LogP contribution >= 0.6 is 0 Å². The van der Waals surface area contributed by atoms with Crippen LogP contribution in [0.1, 0.15) is 29.3 Å². The topological polar surface area (TPSA) is 42.0 Å². The van der Waals surface area contributed by atoms with E-state index in [0.29, 0.717) is 10.9 Å². The molecular weight excluding hydrogens is 391 g/mol. The third-order valence-corrected chi connectivity index (χ3v) is 4.41. The van der Waals surface area contributed by atoms with Crippen molar-refractivity contribution in [3.63, 3.8) is 0 Å². The van der Waals surface area contributed by atoms with Crippen LogP contribution in [0.3, 0.4) is 0 Å². The SMILES string of the molecule is C[C@](Cc1cccc(F)c1)(CC(F)(F)F)NC(=O)c1cnc2c(F)cccc2c1. The van der Waals surface area contributed by atoms with Crippen LogP contribution in [0.4, 0.5) is 22.0 Å². The molecule has 2 aromatic carbocycles. The van der Waals surface area contributed by atoms with Gasteiger partial charge in [0, 0.05) is 11.6 Å². The first-order valence-electron chi connectivity index (χ1n) is 8.73. The van der Waals surface area contributed by atoms with Gasteiger partial charge in [0.2, 0.25) is 0 Å². The molecule has 0 unspecified atom stereocenters. The van der Waals surface area contributed by atoms with Crippen molar-refractivity contribution >= 4 is 16.8 Å². The Morgan fingerprint density at radius 3 is 2.48 bits per heavy atom. The summed E-state index contributed by atoms with van der Waals surface area (Å²) < 4.78 is 66.6. The molecule has 0 saturated heterocycles. The number of fused-ring (bicyclic) bond motifs is 1. The Balaban J connectivity index is 1.89. The maximum atomic E-state index is 13.7. The van der Waals surface area contributed by atoms with E-state index in [4.69, 9.17) is 0 Å². The van der Waals surface area contributed by atoms with Crippen molar-refractivity contribution in [3.05, 3.63) is 77.5 Å². The second-order valence-corrected chi connectivity index (χ2v) is 7.15. The molecule has 0 saturated carbocycles.